The normalized spacial score (nSPS) is 15.3. The average molecular weight is 324 g/mol. The molecule has 2 aliphatic heterocycles. The molecule has 0 aliphatic carbocycles. The van der Waals surface area contributed by atoms with Crippen LogP contribution in [0.4, 0.5) is 0 Å². The number of fused-ring (bicyclic) bond motifs is 2. The van der Waals surface area contributed by atoms with E-state index in [1.165, 1.54) is 0 Å². The lowest BCUT2D eigenvalue weighted by Crippen LogP contribution is -2.27. The molecule has 4 rings (SSSR count). The van der Waals surface area contributed by atoms with E-state index >= 15 is 0 Å². The van der Waals surface area contributed by atoms with Crippen molar-refractivity contribution in [3.05, 3.63) is 59.7 Å². The first-order valence-corrected chi connectivity index (χ1v) is 7.20. The third kappa shape index (κ3) is 3.22. The Hall–Kier alpha value is -3.28. The Labute approximate surface area is 137 Å². The van der Waals surface area contributed by atoms with Gasteiger partial charge in [0.15, 0.2) is 0 Å². The number of benzene rings is 2. The summed E-state index contributed by atoms with van der Waals surface area (Å²) in [5.41, 5.74) is 1.56. The van der Waals surface area contributed by atoms with Gasteiger partial charge in [-0.05, 0) is 12.1 Å². The highest BCUT2D eigenvalue weighted by Gasteiger charge is 2.25. The van der Waals surface area contributed by atoms with Crippen molar-refractivity contribution in [2.45, 2.75) is 12.8 Å². The first-order chi connectivity index (χ1) is 11.5. The van der Waals surface area contributed by atoms with Crippen molar-refractivity contribution < 1.29 is 28.7 Å². The third-order valence-electron chi connectivity index (χ3n) is 3.51. The van der Waals surface area contributed by atoms with Crippen LogP contribution in [0.15, 0.2) is 48.5 Å². The molecule has 2 heterocycles. The molecule has 0 radical (unpaired) electrons. The monoisotopic (exact) mass is 324 g/mol. The molecule has 0 saturated heterocycles. The number of Topliss-reactive ketones (excluding diaryl/α,β-unsaturated/α-hetero) is 2. The smallest absolute Gasteiger partial charge is 0.380 e. The molecule has 24 heavy (non-hydrogen) atoms. The van der Waals surface area contributed by atoms with Gasteiger partial charge in [-0.15, -0.1) is 0 Å². The van der Waals surface area contributed by atoms with Crippen LogP contribution < -0.4 is 9.47 Å². The van der Waals surface area contributed by atoms with Crippen LogP contribution in [0.3, 0.4) is 0 Å². The molecule has 0 N–H and O–H groups in total. The van der Waals surface area contributed by atoms with Gasteiger partial charge in [-0.25, -0.2) is 9.59 Å². The summed E-state index contributed by atoms with van der Waals surface area (Å²) in [5, 5.41) is 0. The standard InChI is InChI=1S/2C9H6O3/c2*10-7-5-6-3-1-2-4-8(6)12-9(7)11/h2*1-4H,5H2. The van der Waals surface area contributed by atoms with E-state index in [9.17, 15) is 19.2 Å². The summed E-state index contributed by atoms with van der Waals surface area (Å²) in [7, 11) is 0. The van der Waals surface area contributed by atoms with E-state index in [4.69, 9.17) is 9.47 Å². The number of hydrogen-bond donors (Lipinski definition) is 0. The number of ketones is 2. The quantitative estimate of drug-likeness (QED) is 0.414. The van der Waals surface area contributed by atoms with Gasteiger partial charge in [0, 0.05) is 24.0 Å². The highest BCUT2D eigenvalue weighted by atomic mass is 16.5. The summed E-state index contributed by atoms with van der Waals surface area (Å²) >= 11 is 0. The van der Waals surface area contributed by atoms with Gasteiger partial charge >= 0.3 is 11.9 Å². The lowest BCUT2D eigenvalue weighted by Gasteiger charge is -2.12. The first kappa shape index (κ1) is 15.6. The summed E-state index contributed by atoms with van der Waals surface area (Å²) in [4.78, 5) is 43.3. The summed E-state index contributed by atoms with van der Waals surface area (Å²) in [6, 6.07) is 14.1. The van der Waals surface area contributed by atoms with Gasteiger partial charge in [-0.2, -0.15) is 0 Å². The molecule has 2 aromatic carbocycles. The molecule has 0 bridgehead atoms. The SMILES string of the molecule is O=C1Cc2ccccc2OC1=O.O=C1Cc2ccccc2OC1=O. The zero-order valence-corrected chi connectivity index (χ0v) is 12.5. The molecule has 0 fully saturated rings. The number of carbonyl (C=O) groups is 4. The van der Waals surface area contributed by atoms with Crippen molar-refractivity contribution in [3.63, 3.8) is 0 Å². The second-order valence-corrected chi connectivity index (χ2v) is 5.19. The molecule has 120 valence electrons. The Balaban J connectivity index is 0.000000141. The van der Waals surface area contributed by atoms with Crippen LogP contribution in [-0.2, 0) is 32.0 Å². The number of ether oxygens (including phenoxy) is 2. The van der Waals surface area contributed by atoms with Crippen molar-refractivity contribution >= 4 is 23.5 Å². The predicted molar refractivity (Wildman–Crippen MR) is 81.6 cm³/mol. The van der Waals surface area contributed by atoms with E-state index in [0.717, 1.165) is 11.1 Å². The molecule has 2 aromatic rings. The Kier molecular flexibility index (Phi) is 4.20. The van der Waals surface area contributed by atoms with Crippen LogP contribution in [0.5, 0.6) is 11.5 Å². The van der Waals surface area contributed by atoms with Crippen LogP contribution in [0.1, 0.15) is 11.1 Å². The Bertz CT molecular complexity index is 711. The van der Waals surface area contributed by atoms with Crippen LogP contribution in [-0.4, -0.2) is 23.5 Å². The van der Waals surface area contributed by atoms with Crippen molar-refractivity contribution in [2.24, 2.45) is 0 Å². The first-order valence-electron chi connectivity index (χ1n) is 7.20. The maximum Gasteiger partial charge on any atom is 0.380 e. The minimum Gasteiger partial charge on any atom is -0.420 e. The van der Waals surface area contributed by atoms with Gasteiger partial charge in [0.2, 0.25) is 11.6 Å². The Morgan fingerprint density at radius 3 is 1.38 bits per heavy atom. The molecule has 6 heteroatoms. The molecule has 0 spiro atoms. The molecule has 0 amide bonds. The maximum atomic E-state index is 10.9. The molecule has 0 unspecified atom stereocenters. The van der Waals surface area contributed by atoms with E-state index in [1.807, 2.05) is 12.1 Å². The largest absolute Gasteiger partial charge is 0.420 e. The summed E-state index contributed by atoms with van der Waals surface area (Å²) in [5.74, 6) is -1.46. The summed E-state index contributed by atoms with van der Waals surface area (Å²) in [6.07, 6.45) is 0.323. The molecule has 0 aromatic heterocycles. The highest BCUT2D eigenvalue weighted by Crippen LogP contribution is 2.23. The van der Waals surface area contributed by atoms with E-state index in [1.54, 1.807) is 36.4 Å². The Morgan fingerprint density at radius 2 is 0.958 bits per heavy atom. The molecule has 6 nitrogen and oxygen atoms in total. The number of esters is 2. The topological polar surface area (TPSA) is 86.7 Å². The number of hydrogen-bond acceptors (Lipinski definition) is 6. The molecule has 0 saturated carbocycles. The van der Waals surface area contributed by atoms with Gasteiger partial charge in [-0.1, -0.05) is 36.4 Å². The molecular weight excluding hydrogens is 312 g/mol. The molecule has 0 atom stereocenters. The van der Waals surface area contributed by atoms with Gasteiger partial charge < -0.3 is 9.47 Å². The van der Waals surface area contributed by atoms with E-state index < -0.39 is 23.5 Å². The van der Waals surface area contributed by atoms with Gasteiger partial charge in [0.1, 0.15) is 11.5 Å². The van der Waals surface area contributed by atoms with Gasteiger partial charge in [-0.3, -0.25) is 9.59 Å². The van der Waals surface area contributed by atoms with Crippen LogP contribution >= 0.6 is 0 Å². The maximum absolute atomic E-state index is 10.9. The lowest BCUT2D eigenvalue weighted by molar-refractivity contribution is -0.147. The van der Waals surface area contributed by atoms with Crippen molar-refractivity contribution in [3.8, 4) is 11.5 Å². The van der Waals surface area contributed by atoms with Crippen molar-refractivity contribution in [1.82, 2.24) is 0 Å². The zero-order valence-electron chi connectivity index (χ0n) is 12.5. The fourth-order valence-electron chi connectivity index (χ4n) is 2.30. The second-order valence-electron chi connectivity index (χ2n) is 5.19. The minimum absolute atomic E-state index is 0.162. The van der Waals surface area contributed by atoms with Crippen LogP contribution in [0.25, 0.3) is 0 Å². The van der Waals surface area contributed by atoms with E-state index in [2.05, 4.69) is 0 Å². The fourth-order valence-corrected chi connectivity index (χ4v) is 2.30. The number of rotatable bonds is 0. The minimum atomic E-state index is -0.756. The summed E-state index contributed by atoms with van der Waals surface area (Å²) in [6.45, 7) is 0. The van der Waals surface area contributed by atoms with Crippen LogP contribution in [0.2, 0.25) is 0 Å². The molecule has 2 aliphatic rings. The van der Waals surface area contributed by atoms with E-state index in [-0.39, 0.29) is 12.8 Å². The highest BCUT2D eigenvalue weighted by molar-refractivity contribution is 6.36. The second kappa shape index (κ2) is 6.45. The van der Waals surface area contributed by atoms with Gasteiger partial charge in [0.25, 0.3) is 0 Å². The summed E-state index contributed by atoms with van der Waals surface area (Å²) < 4.78 is 9.51. The van der Waals surface area contributed by atoms with Crippen molar-refractivity contribution in [1.29, 1.82) is 0 Å². The van der Waals surface area contributed by atoms with E-state index in [0.29, 0.717) is 11.5 Å². The molecular formula is C18H12O6. The van der Waals surface area contributed by atoms with Crippen molar-refractivity contribution in [2.75, 3.05) is 0 Å². The third-order valence-corrected chi connectivity index (χ3v) is 3.51. The zero-order chi connectivity index (χ0) is 17.1. The van der Waals surface area contributed by atoms with Gasteiger partial charge in [0.05, 0.1) is 0 Å². The average Bonchev–Trinajstić information content (AvgIpc) is 2.57. The Morgan fingerprint density at radius 1 is 0.583 bits per heavy atom. The lowest BCUT2D eigenvalue weighted by atomic mass is 10.1. The van der Waals surface area contributed by atoms with Crippen LogP contribution in [0, 0.1) is 0 Å². The number of para-hydroxylation sites is 2. The number of carbonyl (C=O) groups excluding carboxylic acids is 4. The predicted octanol–water partition coefficient (Wildman–Crippen LogP) is 1.43. The fraction of sp³-hybridized carbons (Fsp3) is 0.111.